The van der Waals surface area contributed by atoms with Gasteiger partial charge in [-0.1, -0.05) is 60.2 Å². The van der Waals surface area contributed by atoms with Gasteiger partial charge in [0.15, 0.2) is 0 Å². The quantitative estimate of drug-likeness (QED) is 0.828. The van der Waals surface area contributed by atoms with Crippen molar-refractivity contribution >= 4 is 0 Å². The standard InChI is InChI=1S/C15H16O/c1-12-7-9-14(10-8-12)15(11-16)13-5-3-2-4-6-13/h2-10,15-16H,11H2,1H3. The molecule has 0 spiro atoms. The molecule has 1 N–H and O–H groups in total. The van der Waals surface area contributed by atoms with Crippen molar-refractivity contribution in [3.63, 3.8) is 0 Å². The summed E-state index contributed by atoms with van der Waals surface area (Å²) in [6.07, 6.45) is 0. The van der Waals surface area contributed by atoms with Crippen LogP contribution in [0.15, 0.2) is 54.6 Å². The van der Waals surface area contributed by atoms with Gasteiger partial charge in [-0.05, 0) is 18.1 Å². The lowest BCUT2D eigenvalue weighted by Gasteiger charge is -2.15. The van der Waals surface area contributed by atoms with Crippen molar-refractivity contribution < 1.29 is 5.11 Å². The Morgan fingerprint density at radius 3 is 2.00 bits per heavy atom. The van der Waals surface area contributed by atoms with Crippen LogP contribution in [0.25, 0.3) is 0 Å². The van der Waals surface area contributed by atoms with Gasteiger partial charge in [-0.25, -0.2) is 0 Å². The van der Waals surface area contributed by atoms with E-state index in [0.29, 0.717) is 0 Å². The van der Waals surface area contributed by atoms with Crippen LogP contribution in [0.2, 0.25) is 0 Å². The minimum atomic E-state index is 0.0850. The Kier molecular flexibility index (Phi) is 3.37. The maximum absolute atomic E-state index is 9.50. The third kappa shape index (κ3) is 2.31. The molecular weight excluding hydrogens is 196 g/mol. The van der Waals surface area contributed by atoms with Crippen LogP contribution in [-0.4, -0.2) is 11.7 Å². The Labute approximate surface area is 96.4 Å². The van der Waals surface area contributed by atoms with E-state index in [9.17, 15) is 5.11 Å². The highest BCUT2D eigenvalue weighted by atomic mass is 16.3. The Bertz CT molecular complexity index is 431. The number of aryl methyl sites for hydroxylation is 1. The fraction of sp³-hybridized carbons (Fsp3) is 0.200. The lowest BCUT2D eigenvalue weighted by molar-refractivity contribution is 0.280. The van der Waals surface area contributed by atoms with Crippen LogP contribution in [-0.2, 0) is 0 Å². The summed E-state index contributed by atoms with van der Waals surface area (Å²) < 4.78 is 0. The van der Waals surface area contributed by atoms with Crippen LogP contribution >= 0.6 is 0 Å². The molecule has 82 valence electrons. The number of rotatable bonds is 3. The molecule has 1 heteroatoms. The molecule has 0 radical (unpaired) electrons. The molecule has 2 aromatic carbocycles. The Morgan fingerprint density at radius 1 is 0.875 bits per heavy atom. The molecule has 0 saturated heterocycles. The van der Waals surface area contributed by atoms with Gasteiger partial charge in [0.05, 0.1) is 6.61 Å². The zero-order chi connectivity index (χ0) is 11.4. The van der Waals surface area contributed by atoms with E-state index in [1.165, 1.54) is 11.1 Å². The summed E-state index contributed by atoms with van der Waals surface area (Å²) in [5.41, 5.74) is 3.57. The van der Waals surface area contributed by atoms with E-state index in [2.05, 4.69) is 43.3 Å². The fourth-order valence-corrected chi connectivity index (χ4v) is 1.89. The smallest absolute Gasteiger partial charge is 0.0540 e. The first kappa shape index (κ1) is 10.9. The zero-order valence-corrected chi connectivity index (χ0v) is 9.43. The van der Waals surface area contributed by atoms with E-state index in [1.54, 1.807) is 0 Å². The molecule has 2 rings (SSSR count). The highest BCUT2D eigenvalue weighted by molar-refractivity contribution is 5.33. The highest BCUT2D eigenvalue weighted by Crippen LogP contribution is 2.23. The minimum absolute atomic E-state index is 0.0850. The van der Waals surface area contributed by atoms with E-state index in [4.69, 9.17) is 0 Å². The Morgan fingerprint density at radius 2 is 1.44 bits per heavy atom. The lowest BCUT2D eigenvalue weighted by Crippen LogP contribution is -2.05. The molecule has 0 bridgehead atoms. The molecule has 0 aliphatic heterocycles. The summed E-state index contributed by atoms with van der Waals surface area (Å²) in [6.45, 7) is 2.22. The molecule has 0 aromatic heterocycles. The molecule has 0 amide bonds. The van der Waals surface area contributed by atoms with Crippen molar-refractivity contribution in [3.05, 3.63) is 71.3 Å². The van der Waals surface area contributed by atoms with Gasteiger partial charge in [0, 0.05) is 5.92 Å². The first-order valence-electron chi connectivity index (χ1n) is 5.53. The van der Waals surface area contributed by atoms with Gasteiger partial charge in [0.25, 0.3) is 0 Å². The highest BCUT2D eigenvalue weighted by Gasteiger charge is 2.11. The van der Waals surface area contributed by atoms with Crippen LogP contribution in [0, 0.1) is 6.92 Å². The molecule has 1 atom stereocenters. The van der Waals surface area contributed by atoms with Crippen LogP contribution in [0.3, 0.4) is 0 Å². The number of aliphatic hydroxyl groups is 1. The average Bonchev–Trinajstić information content (AvgIpc) is 2.34. The predicted molar refractivity (Wildman–Crippen MR) is 66.5 cm³/mol. The summed E-state index contributed by atoms with van der Waals surface area (Å²) in [4.78, 5) is 0. The van der Waals surface area contributed by atoms with Crippen molar-refractivity contribution in [2.75, 3.05) is 6.61 Å². The van der Waals surface area contributed by atoms with E-state index in [-0.39, 0.29) is 12.5 Å². The van der Waals surface area contributed by atoms with E-state index in [0.717, 1.165) is 5.56 Å². The molecule has 2 aromatic rings. The molecule has 0 aliphatic carbocycles. The number of benzene rings is 2. The second-order valence-corrected chi connectivity index (χ2v) is 4.06. The molecule has 0 heterocycles. The van der Waals surface area contributed by atoms with Crippen LogP contribution in [0.1, 0.15) is 22.6 Å². The topological polar surface area (TPSA) is 20.2 Å². The van der Waals surface area contributed by atoms with Gasteiger partial charge < -0.3 is 5.11 Å². The van der Waals surface area contributed by atoms with Gasteiger partial charge >= 0.3 is 0 Å². The second kappa shape index (κ2) is 4.95. The average molecular weight is 212 g/mol. The molecule has 1 nitrogen and oxygen atoms in total. The van der Waals surface area contributed by atoms with Crippen LogP contribution in [0.5, 0.6) is 0 Å². The molecular formula is C15H16O. The third-order valence-electron chi connectivity index (χ3n) is 2.86. The number of hydrogen-bond acceptors (Lipinski definition) is 1. The first-order chi connectivity index (χ1) is 7.81. The van der Waals surface area contributed by atoms with Crippen molar-refractivity contribution in [1.29, 1.82) is 0 Å². The Balaban J connectivity index is 2.33. The number of aliphatic hydroxyl groups excluding tert-OH is 1. The molecule has 0 saturated carbocycles. The van der Waals surface area contributed by atoms with Gasteiger partial charge in [-0.15, -0.1) is 0 Å². The van der Waals surface area contributed by atoms with Crippen molar-refractivity contribution in [3.8, 4) is 0 Å². The van der Waals surface area contributed by atoms with Crippen LogP contribution in [0.4, 0.5) is 0 Å². The van der Waals surface area contributed by atoms with Gasteiger partial charge in [-0.2, -0.15) is 0 Å². The summed E-state index contributed by atoms with van der Waals surface area (Å²) >= 11 is 0. The third-order valence-corrected chi connectivity index (χ3v) is 2.86. The normalized spacial score (nSPS) is 12.4. The maximum Gasteiger partial charge on any atom is 0.0540 e. The van der Waals surface area contributed by atoms with E-state index < -0.39 is 0 Å². The summed E-state index contributed by atoms with van der Waals surface area (Å²) in [5.74, 6) is 0.0850. The van der Waals surface area contributed by atoms with Gasteiger partial charge in [-0.3, -0.25) is 0 Å². The summed E-state index contributed by atoms with van der Waals surface area (Å²) in [5, 5.41) is 9.50. The summed E-state index contributed by atoms with van der Waals surface area (Å²) in [6, 6.07) is 18.5. The zero-order valence-electron chi connectivity index (χ0n) is 9.43. The monoisotopic (exact) mass is 212 g/mol. The second-order valence-electron chi connectivity index (χ2n) is 4.06. The largest absolute Gasteiger partial charge is 0.395 e. The van der Waals surface area contributed by atoms with E-state index in [1.807, 2.05) is 18.2 Å². The van der Waals surface area contributed by atoms with Crippen molar-refractivity contribution in [2.24, 2.45) is 0 Å². The number of hydrogen-bond donors (Lipinski definition) is 1. The molecule has 0 aliphatic rings. The molecule has 0 fully saturated rings. The van der Waals surface area contributed by atoms with Crippen molar-refractivity contribution in [2.45, 2.75) is 12.8 Å². The van der Waals surface area contributed by atoms with Crippen LogP contribution < -0.4 is 0 Å². The minimum Gasteiger partial charge on any atom is -0.395 e. The fourth-order valence-electron chi connectivity index (χ4n) is 1.89. The van der Waals surface area contributed by atoms with Gasteiger partial charge in [0.2, 0.25) is 0 Å². The van der Waals surface area contributed by atoms with E-state index >= 15 is 0 Å². The SMILES string of the molecule is Cc1ccc(C(CO)c2ccccc2)cc1. The van der Waals surface area contributed by atoms with Crippen molar-refractivity contribution in [1.82, 2.24) is 0 Å². The van der Waals surface area contributed by atoms with Gasteiger partial charge in [0.1, 0.15) is 0 Å². The lowest BCUT2D eigenvalue weighted by atomic mass is 9.92. The summed E-state index contributed by atoms with van der Waals surface area (Å²) in [7, 11) is 0. The molecule has 1 unspecified atom stereocenters. The predicted octanol–water partition coefficient (Wildman–Crippen LogP) is 3.12. The first-order valence-corrected chi connectivity index (χ1v) is 5.53. The molecule has 16 heavy (non-hydrogen) atoms. The maximum atomic E-state index is 9.50. The Hall–Kier alpha value is -1.60.